The highest BCUT2D eigenvalue weighted by Gasteiger charge is 2.18. The predicted molar refractivity (Wildman–Crippen MR) is 105 cm³/mol. The van der Waals surface area contributed by atoms with E-state index in [-0.39, 0.29) is 12.5 Å². The molecular formula is C19H18ClN3O3S. The van der Waals surface area contributed by atoms with Crippen LogP contribution in [0.3, 0.4) is 0 Å². The molecule has 1 aromatic heterocycles. The first-order valence-electron chi connectivity index (χ1n) is 8.24. The molecule has 0 aliphatic heterocycles. The first-order valence-corrected chi connectivity index (χ1v) is 9.50. The Balaban J connectivity index is 1.52. The van der Waals surface area contributed by atoms with E-state index in [0.29, 0.717) is 21.8 Å². The fourth-order valence-electron chi connectivity index (χ4n) is 2.21. The van der Waals surface area contributed by atoms with Gasteiger partial charge in [0.15, 0.2) is 6.61 Å². The molecule has 8 heteroatoms. The first kappa shape index (κ1) is 19.3. The molecule has 2 aromatic carbocycles. The number of nitrogens with one attached hydrogen (secondary N) is 1. The van der Waals surface area contributed by atoms with Crippen LogP contribution >= 0.6 is 23.4 Å². The van der Waals surface area contributed by atoms with Gasteiger partial charge in [0, 0.05) is 10.7 Å². The Morgan fingerprint density at radius 2 is 2.07 bits per heavy atom. The van der Waals surface area contributed by atoms with Crippen LogP contribution in [-0.2, 0) is 11.4 Å². The number of benzene rings is 2. The summed E-state index contributed by atoms with van der Waals surface area (Å²) in [7, 11) is 0. The lowest BCUT2D eigenvalue weighted by atomic mass is 10.2. The second-order valence-electron chi connectivity index (χ2n) is 5.83. The number of nitrogens with zero attached hydrogens (tertiary/aromatic N) is 2. The molecule has 140 valence electrons. The van der Waals surface area contributed by atoms with E-state index in [4.69, 9.17) is 20.8 Å². The molecule has 3 aromatic rings. The summed E-state index contributed by atoms with van der Waals surface area (Å²) in [6.07, 6.45) is 0. The van der Waals surface area contributed by atoms with Gasteiger partial charge in [-0.3, -0.25) is 4.79 Å². The molecule has 0 fully saturated rings. The van der Waals surface area contributed by atoms with Gasteiger partial charge in [-0.1, -0.05) is 41.6 Å². The summed E-state index contributed by atoms with van der Waals surface area (Å²) in [6, 6.07) is 14.7. The molecule has 0 bridgehead atoms. The summed E-state index contributed by atoms with van der Waals surface area (Å²) >= 11 is 7.10. The average Bonchev–Trinajstić information content (AvgIpc) is 3.07. The van der Waals surface area contributed by atoms with E-state index in [2.05, 4.69) is 15.5 Å². The summed E-state index contributed by atoms with van der Waals surface area (Å²) in [5.74, 6) is 0.899. The van der Waals surface area contributed by atoms with Crippen molar-refractivity contribution in [2.24, 2.45) is 0 Å². The zero-order valence-corrected chi connectivity index (χ0v) is 16.4. The Morgan fingerprint density at radius 3 is 2.85 bits per heavy atom. The molecule has 6 nitrogen and oxygen atoms in total. The maximum atomic E-state index is 12.3. The standard InChI is InChI=1S/C19H18ClN3O3S/c1-12-5-3-8-16(9-12)25-11-17-22-23-19(26-17)27-13(2)18(24)21-15-7-4-6-14(20)10-15/h3-10,13H,11H2,1-2H3,(H,21,24)/t13-/m0/s1. The molecule has 0 spiro atoms. The smallest absolute Gasteiger partial charge is 0.277 e. The molecule has 0 saturated heterocycles. The number of hydrogen-bond acceptors (Lipinski definition) is 6. The highest BCUT2D eigenvalue weighted by Crippen LogP contribution is 2.24. The van der Waals surface area contributed by atoms with Crippen LogP contribution in [0.2, 0.25) is 5.02 Å². The summed E-state index contributed by atoms with van der Waals surface area (Å²) in [5, 5.41) is 11.2. The van der Waals surface area contributed by atoms with Crippen LogP contribution in [0.5, 0.6) is 5.75 Å². The zero-order chi connectivity index (χ0) is 19.2. The number of aromatic nitrogens is 2. The van der Waals surface area contributed by atoms with Crippen molar-refractivity contribution in [2.45, 2.75) is 30.9 Å². The number of carbonyl (C=O) groups is 1. The normalized spacial score (nSPS) is 11.8. The molecule has 1 heterocycles. The van der Waals surface area contributed by atoms with E-state index in [0.717, 1.165) is 11.3 Å². The van der Waals surface area contributed by atoms with Gasteiger partial charge in [0.2, 0.25) is 5.91 Å². The van der Waals surface area contributed by atoms with Gasteiger partial charge < -0.3 is 14.5 Å². The average molecular weight is 404 g/mol. The molecule has 0 aliphatic rings. The highest BCUT2D eigenvalue weighted by molar-refractivity contribution is 8.00. The summed E-state index contributed by atoms with van der Waals surface area (Å²) in [6.45, 7) is 3.92. The van der Waals surface area contributed by atoms with Gasteiger partial charge in [0.25, 0.3) is 11.1 Å². The van der Waals surface area contributed by atoms with Gasteiger partial charge in [0.1, 0.15) is 5.75 Å². The minimum absolute atomic E-state index is 0.167. The number of aryl methyl sites for hydroxylation is 1. The van der Waals surface area contributed by atoms with Crippen LogP contribution < -0.4 is 10.1 Å². The second-order valence-corrected chi connectivity index (χ2v) is 7.56. The molecular weight excluding hydrogens is 386 g/mol. The lowest BCUT2D eigenvalue weighted by molar-refractivity contribution is -0.115. The molecule has 1 N–H and O–H groups in total. The molecule has 0 aliphatic carbocycles. The number of rotatable bonds is 7. The Hall–Kier alpha value is -2.51. The van der Waals surface area contributed by atoms with E-state index in [1.54, 1.807) is 31.2 Å². The zero-order valence-electron chi connectivity index (χ0n) is 14.8. The van der Waals surface area contributed by atoms with Gasteiger partial charge >= 0.3 is 0 Å². The number of hydrogen-bond donors (Lipinski definition) is 1. The molecule has 0 unspecified atom stereocenters. The van der Waals surface area contributed by atoms with Crippen molar-refractivity contribution in [2.75, 3.05) is 5.32 Å². The minimum atomic E-state index is -0.421. The van der Waals surface area contributed by atoms with Crippen molar-refractivity contribution in [3.8, 4) is 5.75 Å². The maximum Gasteiger partial charge on any atom is 0.277 e. The molecule has 3 rings (SSSR count). The second kappa shape index (κ2) is 8.92. The van der Waals surface area contributed by atoms with Gasteiger partial charge in [-0.05, 0) is 49.7 Å². The van der Waals surface area contributed by atoms with Gasteiger partial charge in [-0.2, -0.15) is 0 Å². The monoisotopic (exact) mass is 403 g/mol. The summed E-state index contributed by atoms with van der Waals surface area (Å²) < 4.78 is 11.2. The van der Waals surface area contributed by atoms with E-state index in [9.17, 15) is 4.79 Å². The van der Waals surface area contributed by atoms with Gasteiger partial charge in [-0.15, -0.1) is 10.2 Å². The van der Waals surface area contributed by atoms with Crippen LogP contribution in [0.15, 0.2) is 58.2 Å². The van der Waals surface area contributed by atoms with Gasteiger partial charge in [0.05, 0.1) is 5.25 Å². The fourth-order valence-corrected chi connectivity index (χ4v) is 3.10. The van der Waals surface area contributed by atoms with Crippen molar-refractivity contribution < 1.29 is 13.9 Å². The molecule has 1 atom stereocenters. The fraction of sp³-hybridized carbons (Fsp3) is 0.211. The third kappa shape index (κ3) is 5.74. The molecule has 0 saturated carbocycles. The Bertz CT molecular complexity index is 932. The Kier molecular flexibility index (Phi) is 6.36. The van der Waals surface area contributed by atoms with E-state index < -0.39 is 5.25 Å². The third-order valence-electron chi connectivity index (χ3n) is 3.54. The molecule has 1 amide bonds. The number of ether oxygens (including phenoxy) is 1. The molecule has 27 heavy (non-hydrogen) atoms. The largest absolute Gasteiger partial charge is 0.484 e. The quantitative estimate of drug-likeness (QED) is 0.574. The number of carbonyl (C=O) groups excluding carboxylic acids is 1. The van der Waals surface area contributed by atoms with Crippen LogP contribution in [-0.4, -0.2) is 21.4 Å². The number of halogens is 1. The van der Waals surface area contributed by atoms with E-state index >= 15 is 0 Å². The molecule has 0 radical (unpaired) electrons. The topological polar surface area (TPSA) is 77.2 Å². The van der Waals surface area contributed by atoms with Crippen molar-refractivity contribution in [1.29, 1.82) is 0 Å². The lowest BCUT2D eigenvalue weighted by Crippen LogP contribution is -2.22. The first-order chi connectivity index (χ1) is 13.0. The van der Waals surface area contributed by atoms with Crippen LogP contribution in [0, 0.1) is 6.92 Å². The van der Waals surface area contributed by atoms with Crippen LogP contribution in [0.25, 0.3) is 0 Å². The van der Waals surface area contributed by atoms with E-state index in [1.807, 2.05) is 31.2 Å². The lowest BCUT2D eigenvalue weighted by Gasteiger charge is -2.10. The summed E-state index contributed by atoms with van der Waals surface area (Å²) in [5.41, 5.74) is 1.74. The van der Waals surface area contributed by atoms with Crippen LogP contribution in [0.1, 0.15) is 18.4 Å². The van der Waals surface area contributed by atoms with Crippen LogP contribution in [0.4, 0.5) is 5.69 Å². The number of anilines is 1. The van der Waals surface area contributed by atoms with Crippen molar-refractivity contribution in [3.05, 3.63) is 65.0 Å². The van der Waals surface area contributed by atoms with Gasteiger partial charge in [-0.25, -0.2) is 0 Å². The Labute approximate surface area is 166 Å². The Morgan fingerprint density at radius 1 is 1.26 bits per heavy atom. The van der Waals surface area contributed by atoms with Crippen molar-refractivity contribution >= 4 is 35.0 Å². The van der Waals surface area contributed by atoms with Crippen molar-refractivity contribution in [3.63, 3.8) is 0 Å². The third-order valence-corrected chi connectivity index (χ3v) is 4.71. The number of amides is 1. The highest BCUT2D eigenvalue weighted by atomic mass is 35.5. The van der Waals surface area contributed by atoms with Crippen molar-refractivity contribution in [1.82, 2.24) is 10.2 Å². The van der Waals surface area contributed by atoms with E-state index in [1.165, 1.54) is 11.8 Å². The minimum Gasteiger partial charge on any atom is -0.484 e. The maximum absolute atomic E-state index is 12.3. The predicted octanol–water partition coefficient (Wildman–Crippen LogP) is 4.73. The summed E-state index contributed by atoms with van der Waals surface area (Å²) in [4.78, 5) is 12.3. The number of thioether (sulfide) groups is 1. The SMILES string of the molecule is Cc1cccc(OCc2nnc(S[C@@H](C)C(=O)Nc3cccc(Cl)c3)o2)c1.